The smallest absolute Gasteiger partial charge is 0.450 e. The minimum absolute atomic E-state index is 0.130. The average Bonchev–Trinajstić information content (AvgIpc) is 3.19. The molecule has 1 N–H and O–H groups in total. The Kier molecular flexibility index (Phi) is 4.46. The van der Waals surface area contributed by atoms with Crippen molar-refractivity contribution in [2.45, 2.75) is 24.2 Å². The van der Waals surface area contributed by atoms with Gasteiger partial charge in [0, 0.05) is 5.75 Å². The number of fused-ring (bicyclic) bond motifs is 1. The van der Waals surface area contributed by atoms with Crippen LogP contribution in [-0.4, -0.2) is 45.1 Å². The molecule has 134 valence electrons. The van der Waals surface area contributed by atoms with Gasteiger partial charge in [-0.3, -0.25) is 9.80 Å². The summed E-state index contributed by atoms with van der Waals surface area (Å²) in [6.45, 7) is 0.316. The Morgan fingerprint density at radius 3 is 2.42 bits per heavy atom. The molecule has 0 spiro atoms. The molecule has 0 aromatic heterocycles. The van der Waals surface area contributed by atoms with Gasteiger partial charge in [0.1, 0.15) is 11.4 Å². The fourth-order valence-electron chi connectivity index (χ4n) is 3.51. The van der Waals surface area contributed by atoms with Crippen LogP contribution in [0.15, 0.2) is 60.7 Å². The number of nitrogens with zero attached hydrogens (tertiary/aromatic N) is 2. The molecule has 2 amide bonds. The first-order valence-corrected chi connectivity index (χ1v) is 9.39. The molecule has 2 heterocycles. The zero-order valence-corrected chi connectivity index (χ0v) is 14.7. The first-order chi connectivity index (χ1) is 12.6. The SMILES string of the molecule is O=C(O)O[C@H]1[C@@H]2CSC(c3ccccc3)N2C(=O)N1Cc1ccccc1. The van der Waals surface area contributed by atoms with Gasteiger partial charge in [-0.2, -0.15) is 0 Å². The van der Waals surface area contributed by atoms with Gasteiger partial charge >= 0.3 is 12.2 Å². The molecule has 7 heteroatoms. The van der Waals surface area contributed by atoms with Crippen molar-refractivity contribution in [3.05, 3.63) is 71.8 Å². The van der Waals surface area contributed by atoms with Crippen LogP contribution in [0.25, 0.3) is 0 Å². The van der Waals surface area contributed by atoms with Gasteiger partial charge in [0.25, 0.3) is 0 Å². The van der Waals surface area contributed by atoms with Gasteiger partial charge in [-0.15, -0.1) is 11.8 Å². The van der Waals surface area contributed by atoms with Crippen molar-refractivity contribution in [3.8, 4) is 0 Å². The lowest BCUT2D eigenvalue weighted by Crippen LogP contribution is -2.40. The van der Waals surface area contributed by atoms with Crippen LogP contribution in [0.4, 0.5) is 9.59 Å². The van der Waals surface area contributed by atoms with E-state index in [1.54, 1.807) is 16.7 Å². The third-order valence-electron chi connectivity index (χ3n) is 4.64. The average molecular weight is 370 g/mol. The standard InChI is InChI=1S/C19H18N2O4S/c22-18-20(11-13-7-3-1-4-8-13)16(25-19(23)24)15-12-26-17(21(15)18)14-9-5-2-6-10-14/h1-10,15-17H,11-12H2,(H,23,24)/t15-,16-,17?/m0/s1. The molecule has 4 rings (SSSR count). The number of urea groups is 1. The van der Waals surface area contributed by atoms with E-state index in [0.717, 1.165) is 11.1 Å². The third-order valence-corrected chi connectivity index (χ3v) is 5.99. The van der Waals surface area contributed by atoms with Gasteiger partial charge in [0.05, 0.1) is 6.54 Å². The van der Waals surface area contributed by atoms with Gasteiger partial charge in [-0.25, -0.2) is 9.59 Å². The Morgan fingerprint density at radius 2 is 1.77 bits per heavy atom. The Balaban J connectivity index is 1.64. The number of amides is 2. The molecule has 26 heavy (non-hydrogen) atoms. The predicted molar refractivity (Wildman–Crippen MR) is 97.5 cm³/mol. The van der Waals surface area contributed by atoms with E-state index < -0.39 is 12.4 Å². The number of thioether (sulfide) groups is 1. The Morgan fingerprint density at radius 1 is 1.12 bits per heavy atom. The molecule has 2 aliphatic rings. The first-order valence-electron chi connectivity index (χ1n) is 8.34. The number of carbonyl (C=O) groups excluding carboxylic acids is 1. The number of carboxylic acid groups (broad SMARTS) is 1. The highest BCUT2D eigenvalue weighted by atomic mass is 32.2. The van der Waals surface area contributed by atoms with E-state index in [2.05, 4.69) is 0 Å². The van der Waals surface area contributed by atoms with Crippen molar-refractivity contribution in [2.75, 3.05) is 5.75 Å². The molecule has 2 aromatic rings. The quantitative estimate of drug-likeness (QED) is 0.830. The van der Waals surface area contributed by atoms with Crippen LogP contribution in [0.3, 0.4) is 0 Å². The zero-order chi connectivity index (χ0) is 18.1. The van der Waals surface area contributed by atoms with Crippen molar-refractivity contribution in [3.63, 3.8) is 0 Å². The van der Waals surface area contributed by atoms with Crippen molar-refractivity contribution < 1.29 is 19.4 Å². The van der Waals surface area contributed by atoms with Crippen LogP contribution in [0.2, 0.25) is 0 Å². The number of carbonyl (C=O) groups is 2. The number of hydrogen-bond donors (Lipinski definition) is 1. The van der Waals surface area contributed by atoms with Gasteiger partial charge in [0.15, 0.2) is 0 Å². The van der Waals surface area contributed by atoms with E-state index in [1.165, 1.54) is 4.90 Å². The second-order valence-electron chi connectivity index (χ2n) is 6.24. The van der Waals surface area contributed by atoms with Crippen LogP contribution < -0.4 is 0 Å². The van der Waals surface area contributed by atoms with E-state index in [9.17, 15) is 9.59 Å². The van der Waals surface area contributed by atoms with Crippen LogP contribution in [0, 0.1) is 0 Å². The lowest BCUT2D eigenvalue weighted by Gasteiger charge is -2.24. The lowest BCUT2D eigenvalue weighted by atomic mass is 10.2. The summed E-state index contributed by atoms with van der Waals surface area (Å²) in [5.74, 6) is 0.633. The molecular formula is C19H18N2O4S. The van der Waals surface area contributed by atoms with Gasteiger partial charge in [-0.05, 0) is 11.1 Å². The zero-order valence-electron chi connectivity index (χ0n) is 13.9. The number of ether oxygens (including phenoxy) is 1. The van der Waals surface area contributed by atoms with Crippen molar-refractivity contribution >= 4 is 23.9 Å². The van der Waals surface area contributed by atoms with Crippen molar-refractivity contribution in [2.24, 2.45) is 0 Å². The fraction of sp³-hybridized carbons (Fsp3) is 0.263. The van der Waals surface area contributed by atoms with Gasteiger partial charge in [0.2, 0.25) is 6.23 Å². The van der Waals surface area contributed by atoms with Crippen LogP contribution in [0.1, 0.15) is 16.5 Å². The first kappa shape index (κ1) is 16.8. The minimum atomic E-state index is -1.36. The van der Waals surface area contributed by atoms with E-state index in [0.29, 0.717) is 12.3 Å². The summed E-state index contributed by atoms with van der Waals surface area (Å²) in [6, 6.07) is 18.8. The van der Waals surface area contributed by atoms with Crippen LogP contribution >= 0.6 is 11.8 Å². The Hall–Kier alpha value is -2.67. The number of rotatable bonds is 4. The highest BCUT2D eigenvalue weighted by Crippen LogP contribution is 2.47. The second-order valence-corrected chi connectivity index (χ2v) is 7.35. The maximum Gasteiger partial charge on any atom is 0.507 e. The minimum Gasteiger partial charge on any atom is -0.450 e. The number of benzene rings is 2. The van der Waals surface area contributed by atoms with E-state index in [4.69, 9.17) is 9.84 Å². The maximum absolute atomic E-state index is 13.1. The summed E-state index contributed by atoms with van der Waals surface area (Å²) >= 11 is 1.64. The third kappa shape index (κ3) is 2.99. The summed E-state index contributed by atoms with van der Waals surface area (Å²) in [5.41, 5.74) is 1.97. The van der Waals surface area contributed by atoms with E-state index in [1.807, 2.05) is 60.7 Å². The molecule has 0 saturated carbocycles. The summed E-state index contributed by atoms with van der Waals surface area (Å²) in [7, 11) is 0. The summed E-state index contributed by atoms with van der Waals surface area (Å²) < 4.78 is 5.13. The highest BCUT2D eigenvalue weighted by molar-refractivity contribution is 7.99. The predicted octanol–water partition coefficient (Wildman–Crippen LogP) is 3.76. The highest BCUT2D eigenvalue weighted by Gasteiger charge is 2.54. The molecule has 0 radical (unpaired) electrons. The Labute approximate surface area is 155 Å². The molecule has 0 aliphatic carbocycles. The van der Waals surface area contributed by atoms with Crippen LogP contribution in [0.5, 0.6) is 0 Å². The summed E-state index contributed by atoms with van der Waals surface area (Å²) in [6.07, 6.45) is -2.17. The summed E-state index contributed by atoms with van der Waals surface area (Å²) in [4.78, 5) is 27.6. The van der Waals surface area contributed by atoms with E-state index in [-0.39, 0.29) is 17.4 Å². The molecule has 2 saturated heterocycles. The van der Waals surface area contributed by atoms with Gasteiger partial charge in [-0.1, -0.05) is 60.7 Å². The van der Waals surface area contributed by atoms with Crippen LogP contribution in [-0.2, 0) is 11.3 Å². The second kappa shape index (κ2) is 6.92. The molecular weight excluding hydrogens is 352 g/mol. The normalized spacial score (nSPS) is 24.6. The fourth-order valence-corrected chi connectivity index (χ4v) is 4.97. The molecule has 3 atom stereocenters. The summed E-state index contributed by atoms with van der Waals surface area (Å²) in [5, 5.41) is 9.03. The molecule has 6 nitrogen and oxygen atoms in total. The molecule has 2 aliphatic heterocycles. The lowest BCUT2D eigenvalue weighted by molar-refractivity contribution is -0.0151. The Bertz CT molecular complexity index is 802. The number of hydrogen-bond acceptors (Lipinski definition) is 4. The molecule has 2 fully saturated rings. The largest absolute Gasteiger partial charge is 0.507 e. The molecule has 1 unspecified atom stereocenters. The monoisotopic (exact) mass is 370 g/mol. The molecule has 2 aromatic carbocycles. The van der Waals surface area contributed by atoms with Crippen molar-refractivity contribution in [1.82, 2.24) is 9.80 Å². The van der Waals surface area contributed by atoms with Crippen molar-refractivity contribution in [1.29, 1.82) is 0 Å². The van der Waals surface area contributed by atoms with E-state index >= 15 is 0 Å². The molecule has 0 bridgehead atoms. The maximum atomic E-state index is 13.1. The van der Waals surface area contributed by atoms with Gasteiger partial charge < -0.3 is 9.84 Å². The topological polar surface area (TPSA) is 70.1 Å².